The summed E-state index contributed by atoms with van der Waals surface area (Å²) in [6, 6.07) is 19.0. The summed E-state index contributed by atoms with van der Waals surface area (Å²) in [6.45, 7) is 0.528. The van der Waals surface area contributed by atoms with Gasteiger partial charge in [0.1, 0.15) is 6.61 Å². The van der Waals surface area contributed by atoms with Crippen LogP contribution < -0.4 is 14.8 Å². The Bertz CT molecular complexity index is 967. The molecule has 0 saturated carbocycles. The van der Waals surface area contributed by atoms with Crippen LogP contribution in [0.25, 0.3) is 10.8 Å². The summed E-state index contributed by atoms with van der Waals surface area (Å²) >= 11 is 0. The molecule has 3 aromatic rings. The van der Waals surface area contributed by atoms with Gasteiger partial charge in [0, 0.05) is 12.1 Å². The molecule has 1 N–H and O–H groups in total. The van der Waals surface area contributed by atoms with Crippen LogP contribution in [0.5, 0.6) is 11.5 Å². The number of carbonyl (C=O) groups is 1. The van der Waals surface area contributed by atoms with E-state index in [-0.39, 0.29) is 12.5 Å². The highest BCUT2D eigenvalue weighted by Gasteiger charge is 2.10. The molecule has 0 unspecified atom stereocenters. The molecule has 0 fully saturated rings. The van der Waals surface area contributed by atoms with E-state index in [4.69, 9.17) is 15.9 Å². The van der Waals surface area contributed by atoms with E-state index in [1.165, 1.54) is 0 Å². The predicted molar refractivity (Wildman–Crippen MR) is 102 cm³/mol. The van der Waals surface area contributed by atoms with Gasteiger partial charge in [-0.15, -0.1) is 6.42 Å². The van der Waals surface area contributed by atoms with Gasteiger partial charge in [-0.25, -0.2) is 0 Å². The summed E-state index contributed by atoms with van der Waals surface area (Å²) in [5, 5.41) is 4.92. The number of ether oxygens (including phenoxy) is 2. The first kappa shape index (κ1) is 17.4. The van der Waals surface area contributed by atoms with Gasteiger partial charge in [-0.3, -0.25) is 4.79 Å². The van der Waals surface area contributed by atoms with E-state index in [1.54, 1.807) is 13.2 Å². The molecule has 3 rings (SSSR count). The molecule has 3 aromatic carbocycles. The average Bonchev–Trinajstić information content (AvgIpc) is 2.70. The van der Waals surface area contributed by atoms with Gasteiger partial charge in [0.25, 0.3) is 5.91 Å². The summed E-state index contributed by atoms with van der Waals surface area (Å²) in [5.74, 6) is 3.47. The molecular weight excluding hydrogens is 326 g/mol. The van der Waals surface area contributed by atoms with Crippen LogP contribution >= 0.6 is 0 Å². The van der Waals surface area contributed by atoms with Crippen molar-refractivity contribution in [3.8, 4) is 23.8 Å². The fraction of sp³-hybridized carbons (Fsp3) is 0.136. The maximum atomic E-state index is 12.6. The Kier molecular flexibility index (Phi) is 5.40. The Hall–Kier alpha value is -3.45. The van der Waals surface area contributed by atoms with Crippen LogP contribution in [0.1, 0.15) is 15.9 Å². The van der Waals surface area contributed by atoms with Gasteiger partial charge in [0.15, 0.2) is 11.5 Å². The van der Waals surface area contributed by atoms with Crippen LogP contribution in [0.2, 0.25) is 0 Å². The summed E-state index contributed by atoms with van der Waals surface area (Å²) in [4.78, 5) is 12.6. The molecule has 0 aromatic heterocycles. The topological polar surface area (TPSA) is 47.6 Å². The van der Waals surface area contributed by atoms with Gasteiger partial charge < -0.3 is 14.8 Å². The van der Waals surface area contributed by atoms with Crippen molar-refractivity contribution in [2.24, 2.45) is 0 Å². The van der Waals surface area contributed by atoms with E-state index in [1.807, 2.05) is 54.6 Å². The third-order valence-electron chi connectivity index (χ3n) is 4.03. The lowest BCUT2D eigenvalue weighted by Gasteiger charge is -2.12. The first-order chi connectivity index (χ1) is 12.7. The number of hydrogen-bond acceptors (Lipinski definition) is 3. The van der Waals surface area contributed by atoms with Crippen LogP contribution in [0, 0.1) is 12.3 Å². The van der Waals surface area contributed by atoms with Gasteiger partial charge in [0.2, 0.25) is 0 Å². The molecular formula is C22H19NO3. The van der Waals surface area contributed by atoms with Crippen molar-refractivity contribution in [2.45, 2.75) is 6.54 Å². The monoisotopic (exact) mass is 345 g/mol. The lowest BCUT2D eigenvalue weighted by atomic mass is 10.0. The van der Waals surface area contributed by atoms with E-state index in [9.17, 15) is 4.79 Å². The van der Waals surface area contributed by atoms with E-state index < -0.39 is 0 Å². The first-order valence-corrected chi connectivity index (χ1v) is 8.22. The van der Waals surface area contributed by atoms with Crippen molar-refractivity contribution in [1.82, 2.24) is 5.32 Å². The minimum atomic E-state index is -0.122. The molecule has 0 aliphatic carbocycles. The average molecular weight is 345 g/mol. The lowest BCUT2D eigenvalue weighted by Crippen LogP contribution is -2.23. The fourth-order valence-corrected chi connectivity index (χ4v) is 2.76. The van der Waals surface area contributed by atoms with Crippen LogP contribution in [0.3, 0.4) is 0 Å². The van der Waals surface area contributed by atoms with E-state index in [0.717, 1.165) is 16.3 Å². The number of methoxy groups -OCH3 is 1. The predicted octanol–water partition coefficient (Wildman–Crippen LogP) is 3.79. The van der Waals surface area contributed by atoms with E-state index in [2.05, 4.69) is 11.2 Å². The Morgan fingerprint density at radius 1 is 1.08 bits per heavy atom. The number of hydrogen-bond donors (Lipinski definition) is 1. The number of carbonyl (C=O) groups excluding carboxylic acids is 1. The zero-order valence-electron chi connectivity index (χ0n) is 14.5. The second-order valence-electron chi connectivity index (χ2n) is 5.69. The zero-order chi connectivity index (χ0) is 18.4. The normalized spacial score (nSPS) is 10.2. The van der Waals surface area contributed by atoms with Gasteiger partial charge >= 0.3 is 0 Å². The lowest BCUT2D eigenvalue weighted by molar-refractivity contribution is 0.0952. The minimum absolute atomic E-state index is 0.122. The fourth-order valence-electron chi connectivity index (χ4n) is 2.76. The largest absolute Gasteiger partial charge is 0.493 e. The van der Waals surface area contributed by atoms with Crippen LogP contribution in [-0.2, 0) is 6.54 Å². The highest BCUT2D eigenvalue weighted by atomic mass is 16.5. The summed E-state index contributed by atoms with van der Waals surface area (Å²) in [6.07, 6.45) is 5.24. The second-order valence-corrected chi connectivity index (χ2v) is 5.69. The molecule has 0 bridgehead atoms. The Balaban J connectivity index is 1.76. The van der Waals surface area contributed by atoms with Crippen molar-refractivity contribution in [1.29, 1.82) is 0 Å². The maximum Gasteiger partial charge on any atom is 0.252 e. The minimum Gasteiger partial charge on any atom is -0.493 e. The zero-order valence-corrected chi connectivity index (χ0v) is 14.5. The summed E-state index contributed by atoms with van der Waals surface area (Å²) in [5.41, 5.74) is 1.55. The maximum absolute atomic E-state index is 12.6. The van der Waals surface area contributed by atoms with Crippen LogP contribution in [0.4, 0.5) is 0 Å². The van der Waals surface area contributed by atoms with Gasteiger partial charge in [-0.1, -0.05) is 48.4 Å². The van der Waals surface area contributed by atoms with Crippen molar-refractivity contribution in [2.75, 3.05) is 13.7 Å². The Labute approximate surface area is 152 Å². The molecule has 0 heterocycles. The highest BCUT2D eigenvalue weighted by molar-refractivity contribution is 6.06. The number of rotatable bonds is 6. The third kappa shape index (κ3) is 3.79. The number of nitrogens with one attached hydrogen (secondary N) is 1. The molecule has 130 valence electrons. The summed E-state index contributed by atoms with van der Waals surface area (Å²) in [7, 11) is 1.57. The molecule has 1 amide bonds. The van der Waals surface area contributed by atoms with Crippen LogP contribution in [-0.4, -0.2) is 19.6 Å². The molecule has 0 saturated heterocycles. The number of terminal acetylenes is 1. The number of amides is 1. The standard InChI is InChI=1S/C22H19NO3/c1-3-13-26-21-14-16(11-12-20(21)25-2)15-23-22(24)19-10-6-8-17-7-4-5-9-18(17)19/h1,4-12,14H,13,15H2,2H3,(H,23,24). The van der Waals surface area contributed by atoms with Crippen LogP contribution in [0.15, 0.2) is 60.7 Å². The molecule has 0 spiro atoms. The van der Waals surface area contributed by atoms with Crippen molar-refractivity contribution < 1.29 is 14.3 Å². The van der Waals surface area contributed by atoms with Crippen molar-refractivity contribution >= 4 is 16.7 Å². The molecule has 0 radical (unpaired) electrons. The molecule has 4 heteroatoms. The second kappa shape index (κ2) is 8.09. The summed E-state index contributed by atoms with van der Waals surface area (Å²) < 4.78 is 10.8. The van der Waals surface area contributed by atoms with E-state index >= 15 is 0 Å². The molecule has 0 atom stereocenters. The quantitative estimate of drug-likeness (QED) is 0.692. The highest BCUT2D eigenvalue weighted by Crippen LogP contribution is 2.28. The molecule has 0 aliphatic rings. The molecule has 26 heavy (non-hydrogen) atoms. The SMILES string of the molecule is C#CCOc1cc(CNC(=O)c2cccc3ccccc23)ccc1OC. The first-order valence-electron chi connectivity index (χ1n) is 8.22. The van der Waals surface area contributed by atoms with Crippen molar-refractivity contribution in [3.05, 3.63) is 71.8 Å². The van der Waals surface area contributed by atoms with E-state index in [0.29, 0.717) is 23.6 Å². The van der Waals surface area contributed by atoms with Gasteiger partial charge in [0.05, 0.1) is 7.11 Å². The third-order valence-corrected chi connectivity index (χ3v) is 4.03. The Morgan fingerprint density at radius 3 is 2.69 bits per heavy atom. The van der Waals surface area contributed by atoms with Crippen molar-refractivity contribution in [3.63, 3.8) is 0 Å². The molecule has 4 nitrogen and oxygen atoms in total. The number of fused-ring (bicyclic) bond motifs is 1. The Morgan fingerprint density at radius 2 is 1.88 bits per heavy atom. The molecule has 0 aliphatic heterocycles. The van der Waals surface area contributed by atoms with Gasteiger partial charge in [-0.05, 0) is 34.5 Å². The van der Waals surface area contributed by atoms with Gasteiger partial charge in [-0.2, -0.15) is 0 Å². The smallest absolute Gasteiger partial charge is 0.252 e. The number of benzene rings is 3.